The van der Waals surface area contributed by atoms with Gasteiger partial charge in [-0.25, -0.2) is 0 Å². The summed E-state index contributed by atoms with van der Waals surface area (Å²) >= 11 is 3.78. The first-order valence-electron chi connectivity index (χ1n) is 7.41. The van der Waals surface area contributed by atoms with Crippen molar-refractivity contribution in [2.24, 2.45) is 0 Å². The minimum atomic E-state index is 0.0962. The topological polar surface area (TPSA) is 38.3 Å². The molecule has 2 aliphatic heterocycles. The predicted octanol–water partition coefficient (Wildman–Crippen LogP) is 3.97. The van der Waals surface area contributed by atoms with Crippen LogP contribution in [-0.4, -0.2) is 18.6 Å². The molecule has 0 aliphatic carbocycles. The molecule has 1 aromatic carbocycles. The largest absolute Gasteiger partial charge is 0.378 e. The van der Waals surface area contributed by atoms with E-state index in [2.05, 4.69) is 33.4 Å². The molecule has 1 N–H and O–H groups in total. The molecule has 1 aromatic rings. The van der Waals surface area contributed by atoms with Gasteiger partial charge >= 0.3 is 0 Å². The third kappa shape index (κ3) is 3.23. The van der Waals surface area contributed by atoms with Crippen LogP contribution in [0.5, 0.6) is 0 Å². The molecule has 0 aromatic heterocycles. The van der Waals surface area contributed by atoms with E-state index in [0.717, 1.165) is 30.7 Å². The summed E-state index contributed by atoms with van der Waals surface area (Å²) in [7, 11) is 0. The second kappa shape index (κ2) is 6.27. The molecule has 3 nitrogen and oxygen atoms in total. The Morgan fingerprint density at radius 2 is 2.30 bits per heavy atom. The number of hydrogen-bond donors (Lipinski definition) is 1. The van der Waals surface area contributed by atoms with Gasteiger partial charge in [0.05, 0.1) is 12.5 Å². The van der Waals surface area contributed by atoms with Gasteiger partial charge in [0, 0.05) is 17.1 Å². The molecule has 2 unspecified atom stereocenters. The van der Waals surface area contributed by atoms with Gasteiger partial charge in [-0.15, -0.1) is 0 Å². The molecule has 1 amide bonds. The van der Waals surface area contributed by atoms with Gasteiger partial charge in [0.15, 0.2) is 0 Å². The molecule has 1 saturated heterocycles. The fourth-order valence-electron chi connectivity index (χ4n) is 2.98. The Kier molecular flexibility index (Phi) is 4.41. The Balaban J connectivity index is 1.58. The summed E-state index contributed by atoms with van der Waals surface area (Å²) in [6.45, 7) is 0.921. The van der Waals surface area contributed by atoms with Crippen molar-refractivity contribution in [1.29, 1.82) is 0 Å². The van der Waals surface area contributed by atoms with E-state index in [1.165, 1.54) is 24.8 Å². The van der Waals surface area contributed by atoms with Crippen LogP contribution in [0.25, 0.3) is 0 Å². The summed E-state index contributed by atoms with van der Waals surface area (Å²) in [6.07, 6.45) is 6.82. The van der Waals surface area contributed by atoms with Crippen LogP contribution >= 0.6 is 15.9 Å². The standard InChI is InChI=1S/C16H20BrNO2/c17-14(6-5-13-3-1-2-8-20-13)11-4-7-15-12(9-11)10-16(19)18-15/h4,7,9,13-14H,1-3,5-6,8,10H2,(H,18,19). The van der Waals surface area contributed by atoms with E-state index < -0.39 is 0 Å². The summed E-state index contributed by atoms with van der Waals surface area (Å²) in [5.41, 5.74) is 3.34. The Morgan fingerprint density at radius 1 is 1.40 bits per heavy atom. The van der Waals surface area contributed by atoms with E-state index in [1.807, 2.05) is 6.07 Å². The highest BCUT2D eigenvalue weighted by Crippen LogP contribution is 2.33. The Hall–Kier alpha value is -0.870. The molecule has 4 heteroatoms. The van der Waals surface area contributed by atoms with E-state index >= 15 is 0 Å². The van der Waals surface area contributed by atoms with Gasteiger partial charge in [-0.2, -0.15) is 0 Å². The third-order valence-corrected chi connectivity index (χ3v) is 5.12. The zero-order chi connectivity index (χ0) is 13.9. The zero-order valence-electron chi connectivity index (χ0n) is 11.5. The summed E-state index contributed by atoms with van der Waals surface area (Å²) in [4.78, 5) is 11.7. The lowest BCUT2D eigenvalue weighted by Crippen LogP contribution is -2.19. The van der Waals surface area contributed by atoms with Crippen molar-refractivity contribution in [2.45, 2.75) is 49.5 Å². The van der Waals surface area contributed by atoms with Crippen molar-refractivity contribution in [2.75, 3.05) is 11.9 Å². The van der Waals surface area contributed by atoms with Crippen LogP contribution in [0.3, 0.4) is 0 Å². The van der Waals surface area contributed by atoms with Gasteiger partial charge in [0.25, 0.3) is 0 Å². The van der Waals surface area contributed by atoms with Crippen molar-refractivity contribution in [3.8, 4) is 0 Å². The molecule has 1 fully saturated rings. The highest BCUT2D eigenvalue weighted by Gasteiger charge is 2.20. The number of ether oxygens (including phenoxy) is 1. The first-order chi connectivity index (χ1) is 9.72. The highest BCUT2D eigenvalue weighted by molar-refractivity contribution is 9.09. The van der Waals surface area contributed by atoms with E-state index in [9.17, 15) is 4.79 Å². The minimum Gasteiger partial charge on any atom is -0.378 e. The number of hydrogen-bond acceptors (Lipinski definition) is 2. The van der Waals surface area contributed by atoms with Crippen LogP contribution in [0.15, 0.2) is 18.2 Å². The van der Waals surface area contributed by atoms with Crippen LogP contribution in [0.1, 0.15) is 48.1 Å². The first-order valence-corrected chi connectivity index (χ1v) is 8.32. The quantitative estimate of drug-likeness (QED) is 0.844. The lowest BCUT2D eigenvalue weighted by Gasteiger charge is -2.23. The van der Waals surface area contributed by atoms with E-state index in [4.69, 9.17) is 4.74 Å². The van der Waals surface area contributed by atoms with Crippen molar-refractivity contribution < 1.29 is 9.53 Å². The Bertz CT molecular complexity index is 497. The predicted molar refractivity (Wildman–Crippen MR) is 83.3 cm³/mol. The molecule has 2 aliphatic rings. The monoisotopic (exact) mass is 337 g/mol. The normalized spacial score (nSPS) is 23.2. The van der Waals surface area contributed by atoms with E-state index in [1.54, 1.807) is 0 Å². The molecule has 0 bridgehead atoms. The van der Waals surface area contributed by atoms with Crippen LogP contribution in [0, 0.1) is 0 Å². The summed E-state index contributed by atoms with van der Waals surface area (Å²) in [6, 6.07) is 6.26. The fraction of sp³-hybridized carbons (Fsp3) is 0.562. The van der Waals surface area contributed by atoms with Crippen molar-refractivity contribution in [1.82, 2.24) is 0 Å². The number of halogens is 1. The van der Waals surface area contributed by atoms with Crippen molar-refractivity contribution >= 4 is 27.5 Å². The van der Waals surface area contributed by atoms with Gasteiger partial charge in [-0.05, 0) is 49.3 Å². The maximum atomic E-state index is 11.4. The summed E-state index contributed by atoms with van der Waals surface area (Å²) < 4.78 is 5.78. The molecule has 0 radical (unpaired) electrons. The maximum Gasteiger partial charge on any atom is 0.228 e. The van der Waals surface area contributed by atoms with Crippen molar-refractivity contribution in [3.05, 3.63) is 29.3 Å². The van der Waals surface area contributed by atoms with Gasteiger partial charge in [0.1, 0.15) is 0 Å². The molecule has 3 rings (SSSR count). The lowest BCUT2D eigenvalue weighted by atomic mass is 9.99. The molecule has 0 saturated carbocycles. The van der Waals surface area contributed by atoms with Gasteiger partial charge < -0.3 is 10.1 Å². The van der Waals surface area contributed by atoms with Crippen molar-refractivity contribution in [3.63, 3.8) is 0 Å². The fourth-order valence-corrected chi connectivity index (χ4v) is 3.53. The smallest absolute Gasteiger partial charge is 0.228 e. The number of anilines is 1. The molecular weight excluding hydrogens is 318 g/mol. The molecular formula is C16H20BrNO2. The molecule has 0 spiro atoms. The Labute approximate surface area is 128 Å². The van der Waals surface area contributed by atoms with Gasteiger partial charge in [-0.3, -0.25) is 4.79 Å². The minimum absolute atomic E-state index is 0.0962. The summed E-state index contributed by atoms with van der Waals surface area (Å²) in [5, 5.41) is 2.87. The number of nitrogens with one attached hydrogen (secondary N) is 1. The van der Waals surface area contributed by atoms with Crippen LogP contribution < -0.4 is 5.32 Å². The number of carbonyl (C=O) groups is 1. The average Bonchev–Trinajstić information content (AvgIpc) is 2.85. The zero-order valence-corrected chi connectivity index (χ0v) is 13.1. The molecule has 108 valence electrons. The van der Waals surface area contributed by atoms with Crippen LogP contribution in [0.2, 0.25) is 0 Å². The second-order valence-corrected chi connectivity index (χ2v) is 6.78. The highest BCUT2D eigenvalue weighted by atomic mass is 79.9. The van der Waals surface area contributed by atoms with Gasteiger partial charge in [-0.1, -0.05) is 28.1 Å². The summed E-state index contributed by atoms with van der Waals surface area (Å²) in [5.74, 6) is 0.0962. The number of rotatable bonds is 4. The molecule has 2 heterocycles. The van der Waals surface area contributed by atoms with Crippen LogP contribution in [-0.2, 0) is 16.0 Å². The van der Waals surface area contributed by atoms with Gasteiger partial charge in [0.2, 0.25) is 5.91 Å². The molecule has 2 atom stereocenters. The lowest BCUT2D eigenvalue weighted by molar-refractivity contribution is -0.115. The number of amides is 1. The third-order valence-electron chi connectivity index (χ3n) is 4.13. The number of carbonyl (C=O) groups excluding carboxylic acids is 1. The second-order valence-electron chi connectivity index (χ2n) is 5.68. The van der Waals surface area contributed by atoms with Crippen LogP contribution in [0.4, 0.5) is 5.69 Å². The number of benzene rings is 1. The molecule has 20 heavy (non-hydrogen) atoms. The van der Waals surface area contributed by atoms with E-state index in [0.29, 0.717) is 17.4 Å². The maximum absolute atomic E-state index is 11.4. The number of fused-ring (bicyclic) bond motifs is 1. The first kappa shape index (κ1) is 14.1. The number of alkyl halides is 1. The Morgan fingerprint density at radius 3 is 3.10 bits per heavy atom. The van der Waals surface area contributed by atoms with E-state index in [-0.39, 0.29) is 5.91 Å². The SMILES string of the molecule is O=C1Cc2cc(C(Br)CCC3CCCCO3)ccc2N1. The average molecular weight is 338 g/mol.